The summed E-state index contributed by atoms with van der Waals surface area (Å²) in [4.78, 5) is 0. The zero-order valence-corrected chi connectivity index (χ0v) is 7.81. The van der Waals surface area contributed by atoms with E-state index in [0.29, 0.717) is 6.04 Å². The van der Waals surface area contributed by atoms with Gasteiger partial charge in [0.1, 0.15) is 5.82 Å². The Balaban J connectivity index is 2.32. The van der Waals surface area contributed by atoms with Gasteiger partial charge in [-0.2, -0.15) is 0 Å². The van der Waals surface area contributed by atoms with E-state index in [2.05, 4.69) is 12.2 Å². The first-order valence-corrected chi connectivity index (χ1v) is 4.81. The highest BCUT2D eigenvalue weighted by atomic mass is 19.1. The predicted octanol–water partition coefficient (Wildman–Crippen LogP) is 2.25. The summed E-state index contributed by atoms with van der Waals surface area (Å²) in [5, 5.41) is 3.39. The molecule has 1 aliphatic heterocycles. The fraction of sp³-hybridized carbons (Fsp3) is 0.455. The normalized spacial score (nSPS) is 21.2. The third-order valence-corrected chi connectivity index (χ3v) is 2.74. The standard InChI is InChI=1S/C11H14FN/c1-2-9-6-10-8(7-13-9)4-3-5-11(10)12/h3-5,9,13H,2,6-7H2,1H3. The van der Waals surface area contributed by atoms with Crippen LogP contribution in [0.3, 0.4) is 0 Å². The van der Waals surface area contributed by atoms with E-state index < -0.39 is 0 Å². The van der Waals surface area contributed by atoms with Crippen LogP contribution in [0.25, 0.3) is 0 Å². The van der Waals surface area contributed by atoms with Crippen LogP contribution in [0.4, 0.5) is 4.39 Å². The van der Waals surface area contributed by atoms with Crippen LogP contribution in [-0.2, 0) is 13.0 Å². The largest absolute Gasteiger partial charge is 0.310 e. The Hall–Kier alpha value is -0.890. The van der Waals surface area contributed by atoms with E-state index in [1.807, 2.05) is 6.07 Å². The number of fused-ring (bicyclic) bond motifs is 1. The van der Waals surface area contributed by atoms with Crippen LogP contribution in [0.5, 0.6) is 0 Å². The van der Waals surface area contributed by atoms with Crippen molar-refractivity contribution >= 4 is 0 Å². The molecule has 1 unspecified atom stereocenters. The molecule has 1 aromatic rings. The number of halogens is 1. The van der Waals surface area contributed by atoms with Gasteiger partial charge in [0, 0.05) is 12.6 Å². The lowest BCUT2D eigenvalue weighted by Gasteiger charge is -2.25. The number of hydrogen-bond acceptors (Lipinski definition) is 1. The molecule has 0 spiro atoms. The molecule has 0 aliphatic carbocycles. The molecular weight excluding hydrogens is 165 g/mol. The van der Waals surface area contributed by atoms with Crippen LogP contribution in [0, 0.1) is 5.82 Å². The maximum absolute atomic E-state index is 13.4. The lowest BCUT2D eigenvalue weighted by molar-refractivity contribution is 0.452. The highest BCUT2D eigenvalue weighted by molar-refractivity contribution is 5.31. The number of nitrogens with one attached hydrogen (secondary N) is 1. The Morgan fingerprint density at radius 1 is 1.54 bits per heavy atom. The van der Waals surface area contributed by atoms with E-state index in [4.69, 9.17) is 0 Å². The second kappa shape index (κ2) is 3.46. The minimum Gasteiger partial charge on any atom is -0.310 e. The maximum atomic E-state index is 13.4. The highest BCUT2D eigenvalue weighted by Gasteiger charge is 2.18. The van der Waals surface area contributed by atoms with Crippen molar-refractivity contribution in [1.29, 1.82) is 0 Å². The van der Waals surface area contributed by atoms with Crippen LogP contribution < -0.4 is 5.32 Å². The molecule has 0 saturated heterocycles. The van der Waals surface area contributed by atoms with Gasteiger partial charge in [0.2, 0.25) is 0 Å². The lowest BCUT2D eigenvalue weighted by atomic mass is 9.94. The third kappa shape index (κ3) is 1.59. The van der Waals surface area contributed by atoms with Crippen LogP contribution in [0.1, 0.15) is 24.5 Å². The third-order valence-electron chi connectivity index (χ3n) is 2.74. The van der Waals surface area contributed by atoms with Crippen LogP contribution in [-0.4, -0.2) is 6.04 Å². The topological polar surface area (TPSA) is 12.0 Å². The van der Waals surface area contributed by atoms with E-state index in [1.54, 1.807) is 12.1 Å². The molecule has 2 heteroatoms. The second-order valence-electron chi connectivity index (χ2n) is 3.57. The molecular formula is C11H14FN. The van der Waals surface area contributed by atoms with Gasteiger partial charge in [-0.1, -0.05) is 19.1 Å². The van der Waals surface area contributed by atoms with Gasteiger partial charge in [0.25, 0.3) is 0 Å². The van der Waals surface area contributed by atoms with Crippen molar-refractivity contribution in [3.63, 3.8) is 0 Å². The average Bonchev–Trinajstić information content (AvgIpc) is 2.18. The molecule has 0 fully saturated rings. The van der Waals surface area contributed by atoms with Crippen molar-refractivity contribution in [2.45, 2.75) is 32.4 Å². The number of hydrogen-bond donors (Lipinski definition) is 1. The summed E-state index contributed by atoms with van der Waals surface area (Å²) in [6.45, 7) is 2.94. The smallest absolute Gasteiger partial charge is 0.126 e. The first kappa shape index (κ1) is 8.70. The summed E-state index contributed by atoms with van der Waals surface area (Å²) in [7, 11) is 0. The summed E-state index contributed by atoms with van der Waals surface area (Å²) in [5.41, 5.74) is 2.03. The van der Waals surface area contributed by atoms with Gasteiger partial charge in [-0.15, -0.1) is 0 Å². The molecule has 0 aromatic heterocycles. The van der Waals surface area contributed by atoms with E-state index in [0.717, 1.165) is 30.5 Å². The lowest BCUT2D eigenvalue weighted by Crippen LogP contribution is -2.35. The van der Waals surface area contributed by atoms with Gasteiger partial charge in [-0.25, -0.2) is 4.39 Å². The molecule has 1 aromatic carbocycles. The molecule has 1 aliphatic rings. The Labute approximate surface area is 78.0 Å². The Morgan fingerprint density at radius 2 is 2.38 bits per heavy atom. The highest BCUT2D eigenvalue weighted by Crippen LogP contribution is 2.20. The van der Waals surface area contributed by atoms with Gasteiger partial charge in [0.05, 0.1) is 0 Å². The molecule has 0 saturated carbocycles. The predicted molar refractivity (Wildman–Crippen MR) is 51.0 cm³/mol. The maximum Gasteiger partial charge on any atom is 0.126 e. The summed E-state index contributed by atoms with van der Waals surface area (Å²) in [6.07, 6.45) is 1.90. The molecule has 70 valence electrons. The Bertz CT molecular complexity index is 309. The summed E-state index contributed by atoms with van der Waals surface area (Å²) in [6, 6.07) is 5.78. The van der Waals surface area contributed by atoms with Crippen molar-refractivity contribution < 1.29 is 4.39 Å². The number of rotatable bonds is 1. The summed E-state index contributed by atoms with van der Waals surface area (Å²) >= 11 is 0. The molecule has 0 bridgehead atoms. The fourth-order valence-electron chi connectivity index (χ4n) is 1.86. The number of benzene rings is 1. The summed E-state index contributed by atoms with van der Waals surface area (Å²) < 4.78 is 13.4. The molecule has 1 atom stereocenters. The molecule has 0 amide bonds. The van der Waals surface area contributed by atoms with Gasteiger partial charge in [-0.05, 0) is 30.0 Å². The monoisotopic (exact) mass is 179 g/mol. The zero-order chi connectivity index (χ0) is 9.26. The van der Waals surface area contributed by atoms with Gasteiger partial charge in [-0.3, -0.25) is 0 Å². The van der Waals surface area contributed by atoms with E-state index in [-0.39, 0.29) is 5.82 Å². The molecule has 0 radical (unpaired) electrons. The molecule has 1 heterocycles. The van der Waals surface area contributed by atoms with Crippen molar-refractivity contribution in [2.75, 3.05) is 0 Å². The van der Waals surface area contributed by atoms with Gasteiger partial charge in [0.15, 0.2) is 0 Å². The minimum absolute atomic E-state index is 0.0440. The van der Waals surface area contributed by atoms with E-state index >= 15 is 0 Å². The minimum atomic E-state index is -0.0440. The first-order valence-electron chi connectivity index (χ1n) is 4.81. The molecule has 1 nitrogen and oxygen atoms in total. The Kier molecular flexibility index (Phi) is 2.32. The van der Waals surface area contributed by atoms with Gasteiger partial charge < -0.3 is 5.32 Å². The van der Waals surface area contributed by atoms with E-state index in [9.17, 15) is 4.39 Å². The molecule has 2 rings (SSSR count). The van der Waals surface area contributed by atoms with Crippen molar-refractivity contribution in [3.8, 4) is 0 Å². The summed E-state index contributed by atoms with van der Waals surface area (Å²) in [5.74, 6) is -0.0440. The molecule has 1 N–H and O–H groups in total. The molecule has 13 heavy (non-hydrogen) atoms. The quantitative estimate of drug-likeness (QED) is 0.697. The van der Waals surface area contributed by atoms with Crippen molar-refractivity contribution in [3.05, 3.63) is 35.1 Å². The van der Waals surface area contributed by atoms with Crippen LogP contribution in [0.2, 0.25) is 0 Å². The zero-order valence-electron chi connectivity index (χ0n) is 7.81. The fourth-order valence-corrected chi connectivity index (χ4v) is 1.86. The SMILES string of the molecule is CCC1Cc2c(F)cccc2CN1. The van der Waals surface area contributed by atoms with E-state index in [1.165, 1.54) is 0 Å². The average molecular weight is 179 g/mol. The van der Waals surface area contributed by atoms with Gasteiger partial charge >= 0.3 is 0 Å². The van der Waals surface area contributed by atoms with Crippen molar-refractivity contribution in [1.82, 2.24) is 5.32 Å². The van der Waals surface area contributed by atoms with Crippen LogP contribution >= 0.6 is 0 Å². The second-order valence-corrected chi connectivity index (χ2v) is 3.57. The first-order chi connectivity index (χ1) is 6.31. The van der Waals surface area contributed by atoms with Crippen molar-refractivity contribution in [2.24, 2.45) is 0 Å². The Morgan fingerprint density at radius 3 is 3.15 bits per heavy atom. The van der Waals surface area contributed by atoms with Crippen LogP contribution in [0.15, 0.2) is 18.2 Å².